The van der Waals surface area contributed by atoms with Gasteiger partial charge in [0, 0.05) is 23.4 Å². The summed E-state index contributed by atoms with van der Waals surface area (Å²) < 4.78 is 5.66. The second-order valence-electron chi connectivity index (χ2n) is 4.78. The Hall–Kier alpha value is -0.730. The van der Waals surface area contributed by atoms with Crippen LogP contribution in [0.3, 0.4) is 0 Å². The van der Waals surface area contributed by atoms with Crippen LogP contribution in [0.2, 0.25) is 10.0 Å². The first kappa shape index (κ1) is 17.3. The summed E-state index contributed by atoms with van der Waals surface area (Å²) >= 11 is 12.3. The molecule has 0 bridgehead atoms. The summed E-state index contributed by atoms with van der Waals surface area (Å²) in [6.45, 7) is 6.48. The number of rotatable bonds is 8. The van der Waals surface area contributed by atoms with Crippen LogP contribution in [0.15, 0.2) is 12.1 Å². The molecule has 1 rings (SSSR count). The molecule has 1 unspecified atom stereocenters. The third-order valence-electron chi connectivity index (χ3n) is 3.42. The lowest BCUT2D eigenvalue weighted by atomic mass is 9.90. The van der Waals surface area contributed by atoms with Crippen molar-refractivity contribution < 1.29 is 9.53 Å². The van der Waals surface area contributed by atoms with Crippen LogP contribution in [0.5, 0.6) is 5.75 Å². The second kappa shape index (κ2) is 8.53. The second-order valence-corrected chi connectivity index (χ2v) is 5.62. The number of benzene rings is 1. The molecule has 0 amide bonds. The third-order valence-corrected chi connectivity index (χ3v) is 3.92. The molecule has 0 aliphatic rings. The zero-order chi connectivity index (χ0) is 15.1. The van der Waals surface area contributed by atoms with E-state index in [4.69, 9.17) is 27.9 Å². The number of halogens is 2. The van der Waals surface area contributed by atoms with E-state index in [9.17, 15) is 4.79 Å². The minimum atomic E-state index is 0.239. The van der Waals surface area contributed by atoms with Gasteiger partial charge in [-0.1, -0.05) is 37.0 Å². The van der Waals surface area contributed by atoms with Crippen LogP contribution >= 0.6 is 23.2 Å². The molecule has 0 N–H and O–H groups in total. The summed E-state index contributed by atoms with van der Waals surface area (Å²) in [6.07, 6.45) is 2.91. The molecule has 1 atom stereocenters. The molecule has 0 saturated heterocycles. The summed E-state index contributed by atoms with van der Waals surface area (Å²) in [5.74, 6) is 1.23. The van der Waals surface area contributed by atoms with Crippen molar-refractivity contribution in [3.8, 4) is 5.75 Å². The van der Waals surface area contributed by atoms with Gasteiger partial charge in [-0.2, -0.15) is 0 Å². The molecule has 2 nitrogen and oxygen atoms in total. The lowest BCUT2D eigenvalue weighted by Gasteiger charge is -2.20. The molecule has 0 spiro atoms. The first-order valence-corrected chi connectivity index (χ1v) is 7.92. The van der Waals surface area contributed by atoms with Crippen LogP contribution in [-0.4, -0.2) is 12.4 Å². The van der Waals surface area contributed by atoms with Crippen LogP contribution in [0.25, 0.3) is 0 Å². The molecule has 0 saturated carbocycles. The monoisotopic (exact) mass is 316 g/mol. The Morgan fingerprint density at radius 2 is 1.95 bits per heavy atom. The largest absolute Gasteiger partial charge is 0.492 e. The highest BCUT2D eigenvalue weighted by molar-refractivity contribution is 6.35. The lowest BCUT2D eigenvalue weighted by molar-refractivity contribution is -0.118. The molecule has 1 aromatic rings. The van der Waals surface area contributed by atoms with E-state index in [1.54, 1.807) is 6.07 Å². The molecule has 0 heterocycles. The SMILES string of the molecule is CCOc1c(Cl)cc(Cl)cc1C(CC)CCC(=O)CC. The van der Waals surface area contributed by atoms with E-state index >= 15 is 0 Å². The van der Waals surface area contributed by atoms with Crippen LogP contribution < -0.4 is 4.74 Å². The van der Waals surface area contributed by atoms with Gasteiger partial charge < -0.3 is 4.74 Å². The number of ketones is 1. The summed E-state index contributed by atoms with van der Waals surface area (Å²) in [4.78, 5) is 11.5. The first-order chi connectivity index (χ1) is 9.53. The van der Waals surface area contributed by atoms with Gasteiger partial charge in [0.2, 0.25) is 0 Å². The molecular weight excluding hydrogens is 295 g/mol. The Bertz CT molecular complexity index is 458. The van der Waals surface area contributed by atoms with Crippen molar-refractivity contribution in [2.75, 3.05) is 6.61 Å². The fourth-order valence-electron chi connectivity index (χ4n) is 2.27. The Morgan fingerprint density at radius 3 is 2.50 bits per heavy atom. The molecule has 112 valence electrons. The van der Waals surface area contributed by atoms with Gasteiger partial charge in [0.05, 0.1) is 11.6 Å². The third kappa shape index (κ3) is 4.68. The average molecular weight is 317 g/mol. The molecule has 0 radical (unpaired) electrons. The highest BCUT2D eigenvalue weighted by atomic mass is 35.5. The van der Waals surface area contributed by atoms with Gasteiger partial charge in [0.25, 0.3) is 0 Å². The number of ether oxygens (including phenoxy) is 1. The molecule has 0 aromatic heterocycles. The summed E-state index contributed by atoms with van der Waals surface area (Å²) in [6, 6.07) is 3.60. The molecule has 0 aliphatic carbocycles. The van der Waals surface area contributed by atoms with Crippen LogP contribution in [0, 0.1) is 0 Å². The van der Waals surface area contributed by atoms with Crippen LogP contribution in [0.4, 0.5) is 0 Å². The zero-order valence-corrected chi connectivity index (χ0v) is 13.9. The summed E-state index contributed by atoms with van der Waals surface area (Å²) in [5.41, 5.74) is 1.01. The van der Waals surface area contributed by atoms with Gasteiger partial charge in [0.1, 0.15) is 11.5 Å². The molecular formula is C16H22Cl2O2. The summed E-state index contributed by atoms with van der Waals surface area (Å²) in [7, 11) is 0. The van der Waals surface area contributed by atoms with E-state index in [2.05, 4.69) is 6.92 Å². The number of carbonyl (C=O) groups excluding carboxylic acids is 1. The fraction of sp³-hybridized carbons (Fsp3) is 0.562. The van der Waals surface area contributed by atoms with Crippen LogP contribution in [-0.2, 0) is 4.79 Å². The van der Waals surface area contributed by atoms with E-state index in [0.29, 0.717) is 35.2 Å². The maximum absolute atomic E-state index is 11.5. The van der Waals surface area contributed by atoms with E-state index in [1.807, 2.05) is 19.9 Å². The Labute approximate surface area is 131 Å². The van der Waals surface area contributed by atoms with Crippen molar-refractivity contribution in [2.45, 2.75) is 52.4 Å². The fourth-order valence-corrected chi connectivity index (χ4v) is 2.84. The maximum Gasteiger partial charge on any atom is 0.141 e. The van der Waals surface area contributed by atoms with Gasteiger partial charge in [-0.25, -0.2) is 0 Å². The minimum absolute atomic E-state index is 0.239. The van der Waals surface area contributed by atoms with Crippen LogP contribution in [0.1, 0.15) is 57.9 Å². The molecule has 1 aromatic carbocycles. The predicted octanol–water partition coefficient (Wildman–Crippen LogP) is 5.65. The van der Waals surface area contributed by atoms with Crippen molar-refractivity contribution in [1.82, 2.24) is 0 Å². The van der Waals surface area contributed by atoms with E-state index in [0.717, 1.165) is 18.4 Å². The maximum atomic E-state index is 11.5. The number of hydrogen-bond donors (Lipinski definition) is 0. The molecule has 0 aliphatic heterocycles. The standard InChI is InChI=1S/C16H22Cl2O2/c1-4-11(7-8-13(19)5-2)14-9-12(17)10-15(18)16(14)20-6-3/h9-11H,4-8H2,1-3H3. The van der Waals surface area contributed by atoms with Gasteiger partial charge >= 0.3 is 0 Å². The van der Waals surface area contributed by atoms with Gasteiger partial charge in [0.15, 0.2) is 0 Å². The normalized spacial score (nSPS) is 12.2. The van der Waals surface area contributed by atoms with Gasteiger partial charge in [-0.3, -0.25) is 4.79 Å². The van der Waals surface area contributed by atoms with E-state index in [-0.39, 0.29) is 11.7 Å². The van der Waals surface area contributed by atoms with Gasteiger partial charge in [-0.15, -0.1) is 0 Å². The zero-order valence-electron chi connectivity index (χ0n) is 12.3. The minimum Gasteiger partial charge on any atom is -0.492 e. The Kier molecular flexibility index (Phi) is 7.39. The predicted molar refractivity (Wildman–Crippen MR) is 85.2 cm³/mol. The van der Waals surface area contributed by atoms with Crippen molar-refractivity contribution in [1.29, 1.82) is 0 Å². The molecule has 0 fully saturated rings. The number of carbonyl (C=O) groups is 1. The van der Waals surface area contributed by atoms with Crippen molar-refractivity contribution in [3.63, 3.8) is 0 Å². The first-order valence-electron chi connectivity index (χ1n) is 7.16. The van der Waals surface area contributed by atoms with Crippen molar-refractivity contribution >= 4 is 29.0 Å². The van der Waals surface area contributed by atoms with Crippen molar-refractivity contribution in [3.05, 3.63) is 27.7 Å². The highest BCUT2D eigenvalue weighted by Gasteiger charge is 2.19. The van der Waals surface area contributed by atoms with Crippen molar-refractivity contribution in [2.24, 2.45) is 0 Å². The molecule has 20 heavy (non-hydrogen) atoms. The highest BCUT2D eigenvalue weighted by Crippen LogP contribution is 2.39. The van der Waals surface area contributed by atoms with E-state index < -0.39 is 0 Å². The Morgan fingerprint density at radius 1 is 1.25 bits per heavy atom. The Balaban J connectivity index is 3.03. The topological polar surface area (TPSA) is 26.3 Å². The molecule has 4 heteroatoms. The van der Waals surface area contributed by atoms with E-state index in [1.165, 1.54) is 0 Å². The summed E-state index contributed by atoms with van der Waals surface area (Å²) in [5, 5.41) is 1.14. The lowest BCUT2D eigenvalue weighted by Crippen LogP contribution is -2.06. The quantitative estimate of drug-likeness (QED) is 0.620. The number of Topliss-reactive ketones (excluding diaryl/α,β-unsaturated/α-hetero) is 1. The average Bonchev–Trinajstić information content (AvgIpc) is 2.42. The number of hydrogen-bond acceptors (Lipinski definition) is 2. The smallest absolute Gasteiger partial charge is 0.141 e. The van der Waals surface area contributed by atoms with Gasteiger partial charge in [-0.05, 0) is 37.8 Å².